The average molecular weight is 314 g/mol. The molecule has 0 amide bonds. The number of hydrogen-bond acceptors (Lipinski definition) is 2. The summed E-state index contributed by atoms with van der Waals surface area (Å²) in [6.45, 7) is 17.9. The van der Waals surface area contributed by atoms with Gasteiger partial charge in [-0.2, -0.15) is 0 Å². The molecule has 132 valence electrons. The topological polar surface area (TPSA) is 40.1 Å². The van der Waals surface area contributed by atoms with Gasteiger partial charge in [-0.15, -0.1) is 0 Å². The van der Waals surface area contributed by atoms with E-state index in [0.717, 1.165) is 6.08 Å². The summed E-state index contributed by atoms with van der Waals surface area (Å²) < 4.78 is 1.42. The van der Waals surface area contributed by atoms with E-state index in [1.54, 1.807) is 0 Å². The Morgan fingerprint density at radius 2 is 1.05 bits per heavy atom. The van der Waals surface area contributed by atoms with Gasteiger partial charge in [-0.3, -0.25) is 0 Å². The van der Waals surface area contributed by atoms with Gasteiger partial charge < -0.3 is 14.4 Å². The third-order valence-electron chi connectivity index (χ3n) is 4.11. The summed E-state index contributed by atoms with van der Waals surface area (Å²) in [6, 6.07) is 0. The lowest BCUT2D eigenvalue weighted by atomic mass is 10.1. The number of hydrogen-bond donors (Lipinski definition) is 0. The summed E-state index contributed by atoms with van der Waals surface area (Å²) >= 11 is 0. The minimum Gasteiger partial charge on any atom is -0.545 e. The number of carbonyl (C=O) groups excluding carboxylic acids is 1. The Morgan fingerprint density at radius 1 is 0.818 bits per heavy atom. The van der Waals surface area contributed by atoms with E-state index in [1.807, 2.05) is 0 Å². The van der Waals surface area contributed by atoms with Crippen LogP contribution in [-0.2, 0) is 4.79 Å². The minimum atomic E-state index is -1.23. The van der Waals surface area contributed by atoms with Gasteiger partial charge in [-0.25, -0.2) is 0 Å². The lowest BCUT2D eigenvalue weighted by molar-refractivity contribution is -0.929. The molecule has 0 fully saturated rings. The van der Waals surface area contributed by atoms with Gasteiger partial charge in [0.25, 0.3) is 0 Å². The molecular formula is C19H39NO2. The molecule has 0 aromatic carbocycles. The quantitative estimate of drug-likeness (QED) is 0.382. The van der Waals surface area contributed by atoms with Crippen molar-refractivity contribution in [2.45, 2.75) is 79.1 Å². The fraction of sp³-hybridized carbons (Fsp3) is 0.842. The highest BCUT2D eigenvalue weighted by Gasteiger charge is 2.24. The van der Waals surface area contributed by atoms with Gasteiger partial charge in [0.2, 0.25) is 0 Å². The minimum absolute atomic E-state index is 0.722. The van der Waals surface area contributed by atoms with E-state index in [-0.39, 0.29) is 0 Å². The van der Waals surface area contributed by atoms with E-state index in [1.165, 1.54) is 82.0 Å². The first-order valence-electron chi connectivity index (χ1n) is 9.20. The van der Waals surface area contributed by atoms with Crippen molar-refractivity contribution >= 4 is 5.97 Å². The predicted molar refractivity (Wildman–Crippen MR) is 94.6 cm³/mol. The summed E-state index contributed by atoms with van der Waals surface area (Å²) in [5.74, 6) is -1.23. The highest BCUT2D eigenvalue weighted by Crippen LogP contribution is 2.16. The van der Waals surface area contributed by atoms with Crippen LogP contribution in [0.4, 0.5) is 0 Å². The maximum atomic E-state index is 9.14. The molecule has 0 unspecified atom stereocenters. The molecule has 0 atom stereocenters. The van der Waals surface area contributed by atoms with Gasteiger partial charge in [-0.1, -0.05) is 60.0 Å². The number of carboxylic acid groups (broad SMARTS) is 1. The third kappa shape index (κ3) is 14.1. The molecule has 0 N–H and O–H groups in total. The van der Waals surface area contributed by atoms with E-state index in [9.17, 15) is 0 Å². The van der Waals surface area contributed by atoms with Crippen LogP contribution < -0.4 is 5.11 Å². The van der Waals surface area contributed by atoms with Gasteiger partial charge in [0.1, 0.15) is 0 Å². The summed E-state index contributed by atoms with van der Waals surface area (Å²) in [4.78, 5) is 9.14. The van der Waals surface area contributed by atoms with Gasteiger partial charge in [-0.05, 0) is 31.8 Å². The molecule has 0 aliphatic carbocycles. The first-order chi connectivity index (χ1) is 10.5. The number of aliphatic carboxylic acids is 1. The van der Waals surface area contributed by atoms with Crippen molar-refractivity contribution in [3.05, 3.63) is 12.7 Å². The van der Waals surface area contributed by atoms with Crippen molar-refractivity contribution in [1.82, 2.24) is 0 Å². The number of quaternary nitrogens is 1. The van der Waals surface area contributed by atoms with Crippen LogP contribution in [0.2, 0.25) is 0 Å². The van der Waals surface area contributed by atoms with Crippen LogP contribution in [0.15, 0.2) is 12.7 Å². The third-order valence-corrected chi connectivity index (χ3v) is 4.11. The molecular weight excluding hydrogens is 274 g/mol. The fourth-order valence-electron chi connectivity index (χ4n) is 2.64. The molecule has 0 heterocycles. The summed E-state index contributed by atoms with van der Waals surface area (Å²) in [5, 5.41) is 9.14. The molecule has 0 saturated heterocycles. The Kier molecular flexibility index (Phi) is 17.6. The predicted octanol–water partition coefficient (Wildman–Crippen LogP) is 3.93. The molecule has 0 aliphatic heterocycles. The summed E-state index contributed by atoms with van der Waals surface area (Å²) in [7, 11) is 0. The van der Waals surface area contributed by atoms with Crippen LogP contribution in [0.1, 0.15) is 79.1 Å². The van der Waals surface area contributed by atoms with Gasteiger partial charge in [0.15, 0.2) is 0 Å². The van der Waals surface area contributed by atoms with Crippen LogP contribution in [0, 0.1) is 0 Å². The molecule has 22 heavy (non-hydrogen) atoms. The fourth-order valence-corrected chi connectivity index (χ4v) is 2.64. The van der Waals surface area contributed by atoms with Crippen LogP contribution in [0.3, 0.4) is 0 Å². The zero-order valence-electron chi connectivity index (χ0n) is 15.5. The van der Waals surface area contributed by atoms with Crippen LogP contribution in [-0.4, -0.2) is 36.6 Å². The van der Waals surface area contributed by atoms with Gasteiger partial charge in [0.05, 0.1) is 32.1 Å². The van der Waals surface area contributed by atoms with E-state index < -0.39 is 5.97 Å². The first-order valence-corrected chi connectivity index (χ1v) is 9.20. The molecule has 0 saturated carbocycles. The molecule has 0 rings (SSSR count). The van der Waals surface area contributed by atoms with E-state index in [0.29, 0.717) is 0 Å². The zero-order chi connectivity index (χ0) is 17.3. The maximum Gasteiger partial charge on any atom is 0.0786 e. The molecule has 0 aliphatic rings. The van der Waals surface area contributed by atoms with Gasteiger partial charge in [0, 0.05) is 0 Å². The Bertz CT molecular complexity index is 227. The summed E-state index contributed by atoms with van der Waals surface area (Å²) in [6.07, 6.45) is 11.8. The SMILES string of the molecule is C=CC(=O)[O-].CCCC[N+](CCCC)(CCCC)CCCC. The van der Waals surface area contributed by atoms with Crippen molar-refractivity contribution in [2.24, 2.45) is 0 Å². The normalized spacial score (nSPS) is 10.7. The second-order valence-electron chi connectivity index (χ2n) is 6.17. The Balaban J connectivity index is 0. The van der Waals surface area contributed by atoms with Gasteiger partial charge >= 0.3 is 0 Å². The molecule has 0 radical (unpaired) electrons. The number of carboxylic acids is 1. The van der Waals surface area contributed by atoms with Crippen molar-refractivity contribution in [1.29, 1.82) is 0 Å². The number of unbranched alkanes of at least 4 members (excludes halogenated alkanes) is 4. The van der Waals surface area contributed by atoms with E-state index in [4.69, 9.17) is 9.90 Å². The molecule has 0 aromatic heterocycles. The second kappa shape index (κ2) is 16.5. The first kappa shape index (κ1) is 23.4. The average Bonchev–Trinajstić information content (AvgIpc) is 2.54. The standard InChI is InChI=1S/C16H36N.C3H4O2/c1-5-9-13-17(14-10-6-2,15-11-7-3)16-12-8-4;1-2-3(4)5/h5-16H2,1-4H3;2H,1H2,(H,4,5)/q+1;/p-1. The number of carbonyl (C=O) groups is 1. The summed E-state index contributed by atoms with van der Waals surface area (Å²) in [5.41, 5.74) is 0. The highest BCUT2D eigenvalue weighted by molar-refractivity contribution is 5.76. The van der Waals surface area contributed by atoms with E-state index >= 15 is 0 Å². The number of nitrogens with zero attached hydrogens (tertiary/aromatic N) is 1. The number of rotatable bonds is 13. The highest BCUT2D eigenvalue weighted by atomic mass is 16.4. The monoisotopic (exact) mass is 313 g/mol. The Morgan fingerprint density at radius 3 is 1.18 bits per heavy atom. The van der Waals surface area contributed by atoms with Crippen molar-refractivity contribution in [3.63, 3.8) is 0 Å². The molecule has 0 bridgehead atoms. The lowest BCUT2D eigenvalue weighted by Gasteiger charge is -2.39. The Hall–Kier alpha value is -0.830. The molecule has 3 heteroatoms. The lowest BCUT2D eigenvalue weighted by Crippen LogP contribution is -2.50. The smallest absolute Gasteiger partial charge is 0.0786 e. The van der Waals surface area contributed by atoms with E-state index in [2.05, 4.69) is 34.3 Å². The van der Waals surface area contributed by atoms with Crippen LogP contribution in [0.25, 0.3) is 0 Å². The van der Waals surface area contributed by atoms with Crippen molar-refractivity contribution < 1.29 is 14.4 Å². The molecule has 3 nitrogen and oxygen atoms in total. The zero-order valence-corrected chi connectivity index (χ0v) is 15.5. The van der Waals surface area contributed by atoms with Crippen LogP contribution in [0.5, 0.6) is 0 Å². The molecule has 0 spiro atoms. The van der Waals surface area contributed by atoms with Crippen molar-refractivity contribution in [2.75, 3.05) is 26.2 Å². The van der Waals surface area contributed by atoms with Crippen LogP contribution >= 0.6 is 0 Å². The second-order valence-corrected chi connectivity index (χ2v) is 6.17. The largest absolute Gasteiger partial charge is 0.545 e. The maximum absolute atomic E-state index is 9.14. The van der Waals surface area contributed by atoms with Crippen molar-refractivity contribution in [3.8, 4) is 0 Å². The Labute approximate surface area is 139 Å². The molecule has 0 aromatic rings.